The summed E-state index contributed by atoms with van der Waals surface area (Å²) in [7, 11) is 1.87. The number of likely N-dealkylation sites (N-methyl/N-ethyl adjacent to an activating group) is 1. The van der Waals surface area contributed by atoms with Crippen LogP contribution < -0.4 is 0 Å². The Labute approximate surface area is 132 Å². The first kappa shape index (κ1) is 15.7. The van der Waals surface area contributed by atoms with Crippen LogP contribution in [0, 0.1) is 15.3 Å². The topological polar surface area (TPSA) is 72.5 Å². The van der Waals surface area contributed by atoms with E-state index in [9.17, 15) is 15.3 Å². The molecule has 1 aliphatic rings. The molecule has 1 fully saturated rings. The average molecular weight is 325 g/mol. The van der Waals surface area contributed by atoms with Crippen molar-refractivity contribution >= 4 is 40.2 Å². The van der Waals surface area contributed by atoms with Crippen molar-refractivity contribution in [2.24, 2.45) is 0 Å². The summed E-state index contributed by atoms with van der Waals surface area (Å²) in [4.78, 5) is 12.0. The van der Waals surface area contributed by atoms with Gasteiger partial charge in [-0.05, 0) is 37.7 Å². The Balaban J connectivity index is 2.25. The van der Waals surface area contributed by atoms with Crippen LogP contribution in [0.5, 0.6) is 0 Å². The monoisotopic (exact) mass is 325 g/mol. The van der Waals surface area contributed by atoms with E-state index in [1.165, 1.54) is 30.1 Å². The van der Waals surface area contributed by atoms with E-state index in [4.69, 9.17) is 12.2 Å². The number of thioether (sulfide) groups is 1. The number of hydrogen-bond donors (Lipinski definition) is 0. The van der Waals surface area contributed by atoms with Crippen LogP contribution in [-0.2, 0) is 0 Å². The van der Waals surface area contributed by atoms with E-state index in [0.29, 0.717) is 9.88 Å². The van der Waals surface area contributed by atoms with E-state index in [-0.39, 0.29) is 16.6 Å². The number of nitro benzene ring substituents is 1. The minimum atomic E-state index is -0.470. The van der Waals surface area contributed by atoms with Gasteiger partial charge in [0.2, 0.25) is 5.37 Å². The van der Waals surface area contributed by atoms with Crippen LogP contribution in [-0.4, -0.2) is 43.1 Å². The van der Waals surface area contributed by atoms with E-state index in [0.717, 1.165) is 4.74 Å². The average Bonchev–Trinajstić information content (AvgIpc) is 2.63. The lowest BCUT2D eigenvalue weighted by atomic mass is 10.0. The number of thiocarbonyl (C=S) groups is 1. The highest BCUT2D eigenvalue weighted by Crippen LogP contribution is 2.38. The Morgan fingerprint density at radius 1 is 1.33 bits per heavy atom. The summed E-state index contributed by atoms with van der Waals surface area (Å²) < 4.78 is 1.55. The molecule has 21 heavy (non-hydrogen) atoms. The summed E-state index contributed by atoms with van der Waals surface area (Å²) in [6.45, 7) is 3.91. The molecule has 1 aromatic rings. The molecule has 8 heteroatoms. The van der Waals surface area contributed by atoms with Crippen molar-refractivity contribution in [2.75, 3.05) is 7.05 Å². The number of benzene rings is 1. The van der Waals surface area contributed by atoms with Gasteiger partial charge in [0.05, 0.1) is 4.92 Å². The minimum absolute atomic E-state index is 0.00100. The van der Waals surface area contributed by atoms with Crippen molar-refractivity contribution in [3.8, 4) is 0 Å². The SMILES string of the molecule is CN1C(=S)S[C@@H]([N+]([O-])=Cc2ccc([N+](=O)[O-])cc2)C1(C)C. The van der Waals surface area contributed by atoms with Crippen LogP contribution in [0.25, 0.3) is 0 Å². The molecule has 1 heterocycles. The molecular formula is C13H15N3O3S2. The number of nitrogens with zero attached hydrogens (tertiary/aromatic N) is 3. The lowest BCUT2D eigenvalue weighted by Crippen LogP contribution is -2.47. The van der Waals surface area contributed by atoms with Gasteiger partial charge in [-0.2, -0.15) is 4.74 Å². The first-order chi connectivity index (χ1) is 9.73. The number of nitro groups is 1. The standard InChI is InChI=1S/C13H15N3O3S2/c1-13(2)11(21-12(20)14(13)3)15(17)8-9-4-6-10(7-5-9)16(18)19/h4-8,11H,1-3H3/t11-/m1/s1. The zero-order valence-electron chi connectivity index (χ0n) is 11.8. The summed E-state index contributed by atoms with van der Waals surface area (Å²) in [6.07, 6.45) is 1.44. The molecule has 112 valence electrons. The molecule has 0 aromatic heterocycles. The lowest BCUT2D eigenvalue weighted by Gasteiger charge is -2.30. The Bertz CT molecular complexity index is 614. The highest BCUT2D eigenvalue weighted by molar-refractivity contribution is 8.23. The molecule has 6 nitrogen and oxygen atoms in total. The Kier molecular flexibility index (Phi) is 4.20. The quantitative estimate of drug-likeness (QED) is 0.212. The highest BCUT2D eigenvalue weighted by Gasteiger charge is 2.48. The fourth-order valence-electron chi connectivity index (χ4n) is 1.98. The van der Waals surface area contributed by atoms with Gasteiger partial charge >= 0.3 is 0 Å². The predicted octanol–water partition coefficient (Wildman–Crippen LogP) is 2.59. The van der Waals surface area contributed by atoms with Gasteiger partial charge in [-0.3, -0.25) is 10.1 Å². The van der Waals surface area contributed by atoms with E-state index in [1.54, 1.807) is 12.1 Å². The van der Waals surface area contributed by atoms with E-state index >= 15 is 0 Å². The molecule has 0 aliphatic carbocycles. The normalized spacial score (nSPS) is 21.7. The molecule has 1 aliphatic heterocycles. The number of hydrogen-bond acceptors (Lipinski definition) is 5. The van der Waals surface area contributed by atoms with Crippen molar-refractivity contribution in [2.45, 2.75) is 24.8 Å². The molecule has 0 amide bonds. The third-order valence-corrected chi connectivity index (χ3v) is 5.61. The van der Waals surface area contributed by atoms with Gasteiger partial charge in [0, 0.05) is 24.7 Å². The second kappa shape index (κ2) is 5.61. The molecular weight excluding hydrogens is 310 g/mol. The maximum absolute atomic E-state index is 12.4. The molecule has 1 atom stereocenters. The van der Waals surface area contributed by atoms with Crippen molar-refractivity contribution in [3.05, 3.63) is 45.2 Å². The Hall–Kier alpha value is -1.67. The number of rotatable bonds is 3. The third kappa shape index (κ3) is 3.01. The molecule has 0 spiro atoms. The van der Waals surface area contributed by atoms with Crippen LogP contribution >= 0.6 is 24.0 Å². The molecule has 0 unspecified atom stereocenters. The second-order valence-corrected chi connectivity index (χ2v) is 7.00. The van der Waals surface area contributed by atoms with Gasteiger partial charge in [0.15, 0.2) is 6.21 Å². The third-order valence-electron chi connectivity index (χ3n) is 3.57. The smallest absolute Gasteiger partial charge is 0.269 e. The van der Waals surface area contributed by atoms with Gasteiger partial charge < -0.3 is 10.1 Å². The van der Waals surface area contributed by atoms with Gasteiger partial charge in [-0.25, -0.2) is 0 Å². The molecule has 1 aromatic carbocycles. The Morgan fingerprint density at radius 2 is 1.90 bits per heavy atom. The Morgan fingerprint density at radius 3 is 2.33 bits per heavy atom. The summed E-state index contributed by atoms with van der Waals surface area (Å²) in [5, 5.41) is 22.6. The van der Waals surface area contributed by atoms with Crippen molar-refractivity contribution in [3.63, 3.8) is 0 Å². The lowest BCUT2D eigenvalue weighted by molar-refractivity contribution is -0.480. The maximum atomic E-state index is 12.4. The second-order valence-electron chi connectivity index (χ2n) is 5.29. The van der Waals surface area contributed by atoms with Gasteiger partial charge in [0.1, 0.15) is 9.86 Å². The van der Waals surface area contributed by atoms with E-state index in [1.807, 2.05) is 25.8 Å². The number of non-ortho nitro benzene ring substituents is 1. The molecule has 1 saturated heterocycles. The zero-order chi connectivity index (χ0) is 15.8. The zero-order valence-corrected chi connectivity index (χ0v) is 13.5. The fraction of sp³-hybridized carbons (Fsp3) is 0.385. The molecule has 0 N–H and O–H groups in total. The fourth-order valence-corrected chi connectivity index (χ4v) is 3.68. The van der Waals surface area contributed by atoms with Crippen molar-refractivity contribution in [1.29, 1.82) is 0 Å². The summed E-state index contributed by atoms with van der Waals surface area (Å²) in [6, 6.07) is 5.86. The largest absolute Gasteiger partial charge is 0.623 e. The summed E-state index contributed by atoms with van der Waals surface area (Å²) >= 11 is 6.58. The van der Waals surface area contributed by atoms with Crippen LogP contribution in [0.15, 0.2) is 24.3 Å². The van der Waals surface area contributed by atoms with E-state index < -0.39 is 4.92 Å². The molecule has 0 bridgehead atoms. The van der Waals surface area contributed by atoms with Crippen LogP contribution in [0.1, 0.15) is 19.4 Å². The highest BCUT2D eigenvalue weighted by atomic mass is 32.2. The van der Waals surface area contributed by atoms with Gasteiger partial charge in [-0.15, -0.1) is 0 Å². The molecule has 2 rings (SSSR count). The molecule has 0 radical (unpaired) electrons. The summed E-state index contributed by atoms with van der Waals surface area (Å²) in [5.41, 5.74) is 0.231. The first-order valence-electron chi connectivity index (χ1n) is 6.22. The summed E-state index contributed by atoms with van der Waals surface area (Å²) in [5.74, 6) is 0. The van der Waals surface area contributed by atoms with Crippen LogP contribution in [0.2, 0.25) is 0 Å². The first-order valence-corrected chi connectivity index (χ1v) is 7.51. The minimum Gasteiger partial charge on any atom is -0.623 e. The van der Waals surface area contributed by atoms with Crippen LogP contribution in [0.4, 0.5) is 5.69 Å². The van der Waals surface area contributed by atoms with Crippen molar-refractivity contribution < 1.29 is 9.66 Å². The maximum Gasteiger partial charge on any atom is 0.269 e. The van der Waals surface area contributed by atoms with Crippen molar-refractivity contribution in [1.82, 2.24) is 4.90 Å². The predicted molar refractivity (Wildman–Crippen MR) is 87.7 cm³/mol. The number of hydroxylamine groups is 1. The molecule has 0 saturated carbocycles. The van der Waals surface area contributed by atoms with E-state index in [2.05, 4.69) is 0 Å². The van der Waals surface area contributed by atoms with Gasteiger partial charge in [0.25, 0.3) is 5.69 Å². The van der Waals surface area contributed by atoms with Crippen LogP contribution in [0.3, 0.4) is 0 Å². The van der Waals surface area contributed by atoms with Gasteiger partial charge in [-0.1, -0.05) is 12.2 Å².